The molecule has 1 aliphatic rings. The van der Waals surface area contributed by atoms with Crippen molar-refractivity contribution in [1.82, 2.24) is 10.6 Å². The van der Waals surface area contributed by atoms with Gasteiger partial charge in [-0.2, -0.15) is 0 Å². The number of hydrogen-bond acceptors (Lipinski definition) is 4. The average molecular weight is 321 g/mol. The molecule has 4 N–H and O–H groups in total. The van der Waals surface area contributed by atoms with E-state index in [-0.39, 0.29) is 24.8 Å². The molecule has 3 amide bonds. The van der Waals surface area contributed by atoms with E-state index in [2.05, 4.69) is 10.6 Å². The van der Waals surface area contributed by atoms with Crippen molar-refractivity contribution in [2.75, 3.05) is 26.4 Å². The SMILES string of the molecule is NC(=O)CO[C@@H]1COCC[C@H]1NC(=O)NCCc1ccccc1. The quantitative estimate of drug-likeness (QED) is 0.667. The molecule has 126 valence electrons. The molecule has 1 saturated heterocycles. The van der Waals surface area contributed by atoms with E-state index in [9.17, 15) is 9.59 Å². The van der Waals surface area contributed by atoms with E-state index >= 15 is 0 Å². The summed E-state index contributed by atoms with van der Waals surface area (Å²) < 4.78 is 10.7. The molecule has 2 atom stereocenters. The van der Waals surface area contributed by atoms with Crippen molar-refractivity contribution in [2.24, 2.45) is 5.73 Å². The normalized spacial score (nSPS) is 20.7. The molecule has 1 aromatic rings. The third-order valence-corrected chi connectivity index (χ3v) is 3.60. The number of primary amides is 1. The first-order valence-electron chi connectivity index (χ1n) is 7.71. The number of nitrogens with one attached hydrogen (secondary N) is 2. The summed E-state index contributed by atoms with van der Waals surface area (Å²) in [6.45, 7) is 1.25. The maximum Gasteiger partial charge on any atom is 0.315 e. The Morgan fingerprint density at radius 3 is 2.83 bits per heavy atom. The molecule has 1 heterocycles. The second kappa shape index (κ2) is 9.12. The highest BCUT2D eigenvalue weighted by molar-refractivity contribution is 5.75. The first kappa shape index (κ1) is 17.2. The van der Waals surface area contributed by atoms with Crippen LogP contribution in [0.1, 0.15) is 12.0 Å². The Morgan fingerprint density at radius 1 is 1.30 bits per heavy atom. The maximum absolute atomic E-state index is 12.0. The van der Waals surface area contributed by atoms with Crippen molar-refractivity contribution in [2.45, 2.75) is 25.0 Å². The van der Waals surface area contributed by atoms with Gasteiger partial charge in [0.15, 0.2) is 0 Å². The Kier molecular flexibility index (Phi) is 6.83. The average Bonchev–Trinajstić information content (AvgIpc) is 2.55. The maximum atomic E-state index is 12.0. The molecule has 7 heteroatoms. The number of ether oxygens (including phenoxy) is 2. The van der Waals surface area contributed by atoms with Gasteiger partial charge < -0.3 is 25.8 Å². The third-order valence-electron chi connectivity index (χ3n) is 3.60. The molecule has 0 aromatic heterocycles. The third kappa shape index (κ3) is 6.25. The van der Waals surface area contributed by atoms with Crippen molar-refractivity contribution in [1.29, 1.82) is 0 Å². The van der Waals surface area contributed by atoms with Gasteiger partial charge >= 0.3 is 6.03 Å². The summed E-state index contributed by atoms with van der Waals surface area (Å²) >= 11 is 0. The van der Waals surface area contributed by atoms with Crippen LogP contribution in [0, 0.1) is 0 Å². The summed E-state index contributed by atoms with van der Waals surface area (Å²) in [7, 11) is 0. The van der Waals surface area contributed by atoms with Gasteiger partial charge in [-0.15, -0.1) is 0 Å². The van der Waals surface area contributed by atoms with E-state index in [1.54, 1.807) is 0 Å². The van der Waals surface area contributed by atoms with Gasteiger partial charge in [0.1, 0.15) is 12.7 Å². The van der Waals surface area contributed by atoms with E-state index in [1.807, 2.05) is 30.3 Å². The summed E-state index contributed by atoms with van der Waals surface area (Å²) in [5.74, 6) is -0.540. The van der Waals surface area contributed by atoms with Crippen LogP contribution in [0.15, 0.2) is 30.3 Å². The predicted molar refractivity (Wildman–Crippen MR) is 84.8 cm³/mol. The molecule has 0 unspecified atom stereocenters. The molecule has 2 rings (SSSR count). The number of urea groups is 1. The van der Waals surface area contributed by atoms with Crippen LogP contribution in [0.25, 0.3) is 0 Å². The zero-order chi connectivity index (χ0) is 16.5. The van der Waals surface area contributed by atoms with Crippen molar-refractivity contribution in [3.05, 3.63) is 35.9 Å². The fourth-order valence-corrected chi connectivity index (χ4v) is 2.41. The van der Waals surface area contributed by atoms with E-state index in [0.29, 0.717) is 26.2 Å². The molecular formula is C16H23N3O4. The molecule has 1 aliphatic heterocycles. The minimum Gasteiger partial charge on any atom is -0.379 e. The lowest BCUT2D eigenvalue weighted by Gasteiger charge is -2.31. The fraction of sp³-hybridized carbons (Fsp3) is 0.500. The Hall–Kier alpha value is -2.12. The highest BCUT2D eigenvalue weighted by atomic mass is 16.5. The van der Waals surface area contributed by atoms with Crippen LogP contribution < -0.4 is 16.4 Å². The second-order valence-electron chi connectivity index (χ2n) is 5.42. The van der Waals surface area contributed by atoms with Crippen molar-refractivity contribution in [3.8, 4) is 0 Å². The molecule has 1 aromatic carbocycles. The number of rotatable bonds is 7. The predicted octanol–water partition coefficient (Wildman–Crippen LogP) is 0.188. The van der Waals surface area contributed by atoms with Crippen LogP contribution in [0.3, 0.4) is 0 Å². The smallest absolute Gasteiger partial charge is 0.315 e. The van der Waals surface area contributed by atoms with Gasteiger partial charge in [0, 0.05) is 13.2 Å². The fourth-order valence-electron chi connectivity index (χ4n) is 2.41. The highest BCUT2D eigenvalue weighted by Crippen LogP contribution is 2.11. The topological polar surface area (TPSA) is 103 Å². The van der Waals surface area contributed by atoms with Gasteiger partial charge in [-0.1, -0.05) is 30.3 Å². The van der Waals surface area contributed by atoms with E-state index in [4.69, 9.17) is 15.2 Å². The number of nitrogens with two attached hydrogens (primary N) is 1. The molecule has 1 fully saturated rings. The van der Waals surface area contributed by atoms with Crippen LogP contribution in [0.4, 0.5) is 4.79 Å². The monoisotopic (exact) mass is 321 g/mol. The van der Waals surface area contributed by atoms with E-state index in [0.717, 1.165) is 6.42 Å². The van der Waals surface area contributed by atoms with Gasteiger partial charge in [-0.25, -0.2) is 4.79 Å². The molecule has 7 nitrogen and oxygen atoms in total. The van der Waals surface area contributed by atoms with Crippen molar-refractivity contribution < 1.29 is 19.1 Å². The second-order valence-corrected chi connectivity index (χ2v) is 5.42. The van der Waals surface area contributed by atoms with Crippen molar-refractivity contribution in [3.63, 3.8) is 0 Å². The van der Waals surface area contributed by atoms with Crippen molar-refractivity contribution >= 4 is 11.9 Å². The molecular weight excluding hydrogens is 298 g/mol. The summed E-state index contributed by atoms with van der Waals surface area (Å²) in [6.07, 6.45) is 1.04. The zero-order valence-corrected chi connectivity index (χ0v) is 13.0. The molecule has 0 saturated carbocycles. The van der Waals surface area contributed by atoms with Gasteiger partial charge in [0.25, 0.3) is 0 Å². The largest absolute Gasteiger partial charge is 0.379 e. The molecule has 0 radical (unpaired) electrons. The Balaban J connectivity index is 1.72. The number of benzene rings is 1. The summed E-state index contributed by atoms with van der Waals surface area (Å²) in [5.41, 5.74) is 6.24. The lowest BCUT2D eigenvalue weighted by atomic mass is 10.1. The lowest BCUT2D eigenvalue weighted by molar-refractivity contribution is -0.129. The van der Waals surface area contributed by atoms with Gasteiger partial charge in [0.2, 0.25) is 5.91 Å². The molecule has 0 spiro atoms. The van der Waals surface area contributed by atoms with Crippen LogP contribution in [-0.4, -0.2) is 50.4 Å². The molecule has 23 heavy (non-hydrogen) atoms. The first-order valence-corrected chi connectivity index (χ1v) is 7.71. The number of amides is 3. The van der Waals surface area contributed by atoms with Crippen LogP contribution >= 0.6 is 0 Å². The van der Waals surface area contributed by atoms with Crippen LogP contribution in [0.5, 0.6) is 0 Å². The van der Waals surface area contributed by atoms with Crippen LogP contribution in [-0.2, 0) is 20.7 Å². The van der Waals surface area contributed by atoms with Gasteiger partial charge in [0.05, 0.1) is 12.6 Å². The highest BCUT2D eigenvalue weighted by Gasteiger charge is 2.28. The zero-order valence-electron chi connectivity index (χ0n) is 13.0. The standard InChI is InChI=1S/C16H23N3O4/c17-15(20)11-23-14-10-22-9-7-13(14)19-16(21)18-8-6-12-4-2-1-3-5-12/h1-5,13-14H,6-11H2,(H2,17,20)(H2,18,19,21)/t13-,14-/m1/s1. The number of hydrogen-bond donors (Lipinski definition) is 3. The molecule has 0 aliphatic carbocycles. The Morgan fingerprint density at radius 2 is 2.09 bits per heavy atom. The molecule has 0 bridgehead atoms. The summed E-state index contributed by atoms with van der Waals surface area (Å²) in [5, 5.41) is 5.70. The summed E-state index contributed by atoms with van der Waals surface area (Å²) in [6, 6.07) is 9.50. The van der Waals surface area contributed by atoms with Crippen LogP contribution in [0.2, 0.25) is 0 Å². The van der Waals surface area contributed by atoms with Gasteiger partial charge in [-0.05, 0) is 18.4 Å². The Bertz CT molecular complexity index is 509. The minimum absolute atomic E-state index is 0.179. The van der Waals surface area contributed by atoms with E-state index < -0.39 is 5.91 Å². The van der Waals surface area contributed by atoms with E-state index in [1.165, 1.54) is 5.56 Å². The summed E-state index contributed by atoms with van der Waals surface area (Å²) in [4.78, 5) is 22.8. The first-order chi connectivity index (χ1) is 11.1. The lowest BCUT2D eigenvalue weighted by Crippen LogP contribution is -2.53. The van der Waals surface area contributed by atoms with Gasteiger partial charge in [-0.3, -0.25) is 4.79 Å². The Labute approximate surface area is 135 Å². The number of carbonyl (C=O) groups is 2. The minimum atomic E-state index is -0.540. The number of carbonyl (C=O) groups excluding carboxylic acids is 2.